The number of amides is 1. The molecule has 2 rings (SSSR count). The van der Waals surface area contributed by atoms with E-state index in [4.69, 9.17) is 0 Å². The summed E-state index contributed by atoms with van der Waals surface area (Å²) in [6.07, 6.45) is 6.71. The lowest BCUT2D eigenvalue weighted by Gasteiger charge is -2.41. The van der Waals surface area contributed by atoms with Gasteiger partial charge in [0.15, 0.2) is 0 Å². The number of carbonyl (C=O) groups excluding carboxylic acids is 1. The fraction of sp³-hybridized carbons (Fsp3) is 0.933. The summed E-state index contributed by atoms with van der Waals surface area (Å²) in [5.41, 5.74) is 0.724. The molecular formula is C15H27NO. The van der Waals surface area contributed by atoms with Gasteiger partial charge in [0.25, 0.3) is 0 Å². The van der Waals surface area contributed by atoms with Crippen molar-refractivity contribution in [3.63, 3.8) is 0 Å². The Morgan fingerprint density at radius 3 is 2.53 bits per heavy atom. The van der Waals surface area contributed by atoms with Crippen LogP contribution in [0.15, 0.2) is 0 Å². The van der Waals surface area contributed by atoms with Crippen LogP contribution in [-0.4, -0.2) is 23.4 Å². The topological polar surface area (TPSA) is 20.3 Å². The fourth-order valence-corrected chi connectivity index (χ4v) is 4.14. The number of nitrogens with zero attached hydrogens (tertiary/aromatic N) is 1. The summed E-state index contributed by atoms with van der Waals surface area (Å²) in [4.78, 5) is 14.5. The summed E-state index contributed by atoms with van der Waals surface area (Å²) in [7, 11) is 0. The highest BCUT2D eigenvalue weighted by Crippen LogP contribution is 2.56. The molecule has 1 saturated carbocycles. The second-order valence-electron chi connectivity index (χ2n) is 7.17. The van der Waals surface area contributed by atoms with Gasteiger partial charge in [-0.3, -0.25) is 4.79 Å². The Labute approximate surface area is 106 Å². The number of hydrogen-bond acceptors (Lipinski definition) is 1. The third-order valence-corrected chi connectivity index (χ3v) is 4.71. The van der Waals surface area contributed by atoms with Crippen molar-refractivity contribution in [2.75, 3.05) is 6.54 Å². The second kappa shape index (κ2) is 4.29. The van der Waals surface area contributed by atoms with E-state index in [1.807, 2.05) is 0 Å². The molecule has 1 aliphatic heterocycles. The molecule has 1 amide bonds. The smallest absolute Gasteiger partial charge is 0.222 e. The second-order valence-corrected chi connectivity index (χ2v) is 7.17. The molecule has 1 aliphatic carbocycles. The molecule has 2 nitrogen and oxygen atoms in total. The van der Waals surface area contributed by atoms with Gasteiger partial charge >= 0.3 is 0 Å². The molecule has 0 radical (unpaired) electrons. The molecule has 2 heteroatoms. The number of likely N-dealkylation sites (tertiary alicyclic amines) is 1. The van der Waals surface area contributed by atoms with Crippen LogP contribution in [0.3, 0.4) is 0 Å². The molecule has 2 atom stereocenters. The number of unbranched alkanes of at least 4 members (excludes halogenated alkanes) is 2. The average Bonchev–Trinajstić information content (AvgIpc) is 2.66. The zero-order valence-electron chi connectivity index (χ0n) is 11.9. The molecule has 2 aliphatic rings. The normalized spacial score (nSPS) is 34.4. The van der Waals surface area contributed by atoms with Crippen molar-refractivity contribution in [1.29, 1.82) is 0 Å². The number of piperidine rings is 1. The van der Waals surface area contributed by atoms with Crippen LogP contribution >= 0.6 is 0 Å². The van der Waals surface area contributed by atoms with E-state index in [0.717, 1.165) is 19.4 Å². The van der Waals surface area contributed by atoms with Gasteiger partial charge in [-0.05, 0) is 30.1 Å². The van der Waals surface area contributed by atoms with E-state index in [1.54, 1.807) is 0 Å². The molecule has 2 fully saturated rings. The van der Waals surface area contributed by atoms with E-state index in [1.165, 1.54) is 25.7 Å². The average molecular weight is 237 g/mol. The van der Waals surface area contributed by atoms with Crippen molar-refractivity contribution >= 4 is 5.91 Å². The predicted molar refractivity (Wildman–Crippen MR) is 70.8 cm³/mol. The van der Waals surface area contributed by atoms with Gasteiger partial charge < -0.3 is 4.90 Å². The van der Waals surface area contributed by atoms with E-state index < -0.39 is 0 Å². The quantitative estimate of drug-likeness (QED) is 0.684. The Balaban J connectivity index is 1.97. The highest BCUT2D eigenvalue weighted by atomic mass is 16.2. The van der Waals surface area contributed by atoms with E-state index in [9.17, 15) is 4.79 Å². The Hall–Kier alpha value is -0.530. The molecule has 0 spiro atoms. The molecule has 0 aromatic carbocycles. The van der Waals surface area contributed by atoms with Crippen molar-refractivity contribution < 1.29 is 4.79 Å². The lowest BCUT2D eigenvalue weighted by molar-refractivity contribution is -0.136. The molecule has 0 unspecified atom stereocenters. The van der Waals surface area contributed by atoms with Gasteiger partial charge in [-0.15, -0.1) is 0 Å². The molecule has 98 valence electrons. The van der Waals surface area contributed by atoms with Crippen LogP contribution in [-0.2, 0) is 4.79 Å². The van der Waals surface area contributed by atoms with Crippen molar-refractivity contribution in [2.45, 2.75) is 72.3 Å². The van der Waals surface area contributed by atoms with Crippen molar-refractivity contribution in [2.24, 2.45) is 10.8 Å². The first-order valence-corrected chi connectivity index (χ1v) is 7.17. The van der Waals surface area contributed by atoms with Crippen LogP contribution in [0, 0.1) is 10.8 Å². The first-order valence-electron chi connectivity index (χ1n) is 7.17. The van der Waals surface area contributed by atoms with Gasteiger partial charge in [-0.1, -0.05) is 40.5 Å². The number of rotatable bonds is 4. The predicted octanol–water partition coefficient (Wildman–Crippen LogP) is 3.60. The van der Waals surface area contributed by atoms with Crippen molar-refractivity contribution in [3.8, 4) is 0 Å². The number of hydrogen-bond donors (Lipinski definition) is 0. The third kappa shape index (κ3) is 2.36. The molecule has 1 saturated heterocycles. The van der Waals surface area contributed by atoms with Gasteiger partial charge in [-0.2, -0.15) is 0 Å². The van der Waals surface area contributed by atoms with E-state index in [0.29, 0.717) is 22.8 Å². The first-order chi connectivity index (χ1) is 7.88. The molecule has 0 aromatic heterocycles. The SMILES string of the molecule is CCCCCC(=O)N1C[C@@]2(C)C[C@@H]1C(C)(C)C2. The summed E-state index contributed by atoms with van der Waals surface area (Å²) < 4.78 is 0. The van der Waals surface area contributed by atoms with Crippen LogP contribution in [0.4, 0.5) is 0 Å². The van der Waals surface area contributed by atoms with E-state index in [2.05, 4.69) is 32.6 Å². The molecule has 2 bridgehead atoms. The summed E-state index contributed by atoms with van der Waals surface area (Å²) in [6.45, 7) is 10.2. The highest BCUT2D eigenvalue weighted by Gasteiger charge is 2.56. The maximum atomic E-state index is 12.3. The van der Waals surface area contributed by atoms with Crippen LogP contribution < -0.4 is 0 Å². The Morgan fingerprint density at radius 2 is 2.00 bits per heavy atom. The van der Waals surface area contributed by atoms with Gasteiger partial charge in [0, 0.05) is 19.0 Å². The fourth-order valence-electron chi connectivity index (χ4n) is 4.14. The summed E-state index contributed by atoms with van der Waals surface area (Å²) in [6, 6.07) is 0.502. The highest BCUT2D eigenvalue weighted by molar-refractivity contribution is 5.77. The maximum absolute atomic E-state index is 12.3. The minimum atomic E-state index is 0.327. The Bertz CT molecular complexity index is 307. The standard InChI is InChI=1S/C15H27NO/c1-5-6-7-8-13(17)16-11-15(4)9-12(16)14(2,3)10-15/h12H,5-11H2,1-4H3/t12-,15+/m1/s1. The van der Waals surface area contributed by atoms with Crippen molar-refractivity contribution in [3.05, 3.63) is 0 Å². The molecule has 1 heterocycles. The maximum Gasteiger partial charge on any atom is 0.222 e. The van der Waals surface area contributed by atoms with Crippen LogP contribution in [0.5, 0.6) is 0 Å². The van der Waals surface area contributed by atoms with Crippen LogP contribution in [0.25, 0.3) is 0 Å². The first kappa shape index (κ1) is 12.9. The molecule has 0 N–H and O–H groups in total. The molecular weight excluding hydrogens is 210 g/mol. The zero-order valence-corrected chi connectivity index (χ0v) is 11.9. The van der Waals surface area contributed by atoms with Gasteiger partial charge in [0.1, 0.15) is 0 Å². The zero-order chi connectivity index (χ0) is 12.7. The minimum absolute atomic E-state index is 0.327. The van der Waals surface area contributed by atoms with Gasteiger partial charge in [-0.25, -0.2) is 0 Å². The molecule has 17 heavy (non-hydrogen) atoms. The third-order valence-electron chi connectivity index (χ3n) is 4.71. The van der Waals surface area contributed by atoms with Crippen LogP contribution in [0.1, 0.15) is 66.2 Å². The largest absolute Gasteiger partial charge is 0.339 e. The van der Waals surface area contributed by atoms with Gasteiger partial charge in [0.2, 0.25) is 5.91 Å². The van der Waals surface area contributed by atoms with E-state index in [-0.39, 0.29) is 0 Å². The molecule has 0 aromatic rings. The summed E-state index contributed by atoms with van der Waals surface area (Å²) >= 11 is 0. The lowest BCUT2D eigenvalue weighted by Crippen LogP contribution is -2.47. The monoisotopic (exact) mass is 237 g/mol. The Kier molecular flexibility index (Phi) is 3.26. The van der Waals surface area contributed by atoms with Crippen LogP contribution in [0.2, 0.25) is 0 Å². The number of fused-ring (bicyclic) bond motifs is 2. The Morgan fingerprint density at radius 1 is 1.29 bits per heavy atom. The lowest BCUT2D eigenvalue weighted by atomic mass is 9.79. The van der Waals surface area contributed by atoms with Crippen molar-refractivity contribution in [1.82, 2.24) is 4.90 Å². The minimum Gasteiger partial charge on any atom is -0.339 e. The van der Waals surface area contributed by atoms with Gasteiger partial charge in [0.05, 0.1) is 0 Å². The summed E-state index contributed by atoms with van der Waals surface area (Å²) in [5, 5.41) is 0. The number of carbonyl (C=O) groups is 1. The van der Waals surface area contributed by atoms with E-state index >= 15 is 0 Å². The summed E-state index contributed by atoms with van der Waals surface area (Å²) in [5.74, 6) is 0.403.